The first kappa shape index (κ1) is 24.1. The lowest BCUT2D eigenvalue weighted by molar-refractivity contribution is 0.281. The summed E-state index contributed by atoms with van der Waals surface area (Å²) in [5.74, 6) is 1.54. The lowest BCUT2D eigenvalue weighted by atomic mass is 10.00. The predicted molar refractivity (Wildman–Crippen MR) is 134 cm³/mol. The van der Waals surface area contributed by atoms with Gasteiger partial charge in [0.25, 0.3) is 0 Å². The van der Waals surface area contributed by atoms with Crippen molar-refractivity contribution in [3.05, 3.63) is 68.6 Å². The Morgan fingerprint density at radius 2 is 1.94 bits per heavy atom. The first-order valence-corrected chi connectivity index (χ1v) is 11.4. The third-order valence-corrected chi connectivity index (χ3v) is 6.60. The van der Waals surface area contributed by atoms with E-state index < -0.39 is 0 Å². The molecule has 34 heavy (non-hydrogen) atoms. The summed E-state index contributed by atoms with van der Waals surface area (Å²) in [6.45, 7) is 3.52. The standard InChI is InChI=1S/C24H25Cl2N5O3/c1-13-22(26)17(18(25)10-29-13)12-34-21-7-16(19(27)8-20(21)33-2)23(28)14-6-15(11-32)24(30-9-14)31-4-3-5-31/h6-10,28,32H,3-5,11-12,27H2,1-2H3. The van der Waals surface area contributed by atoms with Crippen LogP contribution in [0.15, 0.2) is 30.6 Å². The molecule has 1 aromatic carbocycles. The van der Waals surface area contributed by atoms with Crippen molar-refractivity contribution >= 4 is 40.4 Å². The SMILES string of the molecule is COc1cc(N)c(C(=N)c2cnc(N3CCC3)c(CO)c2)cc1OCc1c(Cl)cnc(C)c1Cl. The number of aromatic nitrogens is 2. The second-order valence-corrected chi connectivity index (χ2v) is 8.73. The van der Waals surface area contributed by atoms with E-state index in [2.05, 4.69) is 14.9 Å². The van der Waals surface area contributed by atoms with Gasteiger partial charge in [0.05, 0.1) is 35.2 Å². The molecule has 178 valence electrons. The van der Waals surface area contributed by atoms with E-state index in [1.807, 2.05) is 0 Å². The summed E-state index contributed by atoms with van der Waals surface area (Å²) in [4.78, 5) is 10.7. The van der Waals surface area contributed by atoms with Gasteiger partial charge in [-0.3, -0.25) is 10.4 Å². The molecule has 1 fully saturated rings. The van der Waals surface area contributed by atoms with Gasteiger partial charge in [-0.15, -0.1) is 0 Å². The third kappa shape index (κ3) is 4.61. The summed E-state index contributed by atoms with van der Waals surface area (Å²) >= 11 is 12.6. The Balaban J connectivity index is 1.65. The Bertz CT molecular complexity index is 1250. The fraction of sp³-hybridized carbons (Fsp3) is 0.292. The van der Waals surface area contributed by atoms with Gasteiger partial charge in [-0.2, -0.15) is 0 Å². The van der Waals surface area contributed by atoms with Crippen molar-refractivity contribution in [2.24, 2.45) is 0 Å². The highest BCUT2D eigenvalue weighted by molar-refractivity contribution is 6.36. The number of hydrogen-bond acceptors (Lipinski definition) is 8. The zero-order chi connectivity index (χ0) is 24.4. The highest BCUT2D eigenvalue weighted by atomic mass is 35.5. The van der Waals surface area contributed by atoms with E-state index in [9.17, 15) is 5.11 Å². The summed E-state index contributed by atoms with van der Waals surface area (Å²) < 4.78 is 11.4. The molecule has 3 heterocycles. The van der Waals surface area contributed by atoms with Crippen LogP contribution in [0.4, 0.5) is 11.5 Å². The number of halogens is 2. The molecule has 0 unspecified atom stereocenters. The van der Waals surface area contributed by atoms with Crippen molar-refractivity contribution in [2.45, 2.75) is 26.6 Å². The molecule has 3 aromatic rings. The number of nitrogen functional groups attached to an aromatic ring is 1. The number of benzene rings is 1. The minimum Gasteiger partial charge on any atom is -0.493 e. The molecule has 1 aliphatic heterocycles. The van der Waals surface area contributed by atoms with Gasteiger partial charge in [-0.1, -0.05) is 23.2 Å². The number of pyridine rings is 2. The molecule has 0 bridgehead atoms. The molecule has 0 atom stereocenters. The molecule has 0 saturated carbocycles. The van der Waals surface area contributed by atoms with E-state index in [-0.39, 0.29) is 18.9 Å². The average molecular weight is 502 g/mol. The Morgan fingerprint density at radius 3 is 2.59 bits per heavy atom. The maximum Gasteiger partial charge on any atom is 0.162 e. The number of nitrogens with zero attached hydrogens (tertiary/aromatic N) is 3. The normalized spacial score (nSPS) is 12.9. The van der Waals surface area contributed by atoms with Gasteiger partial charge in [0.15, 0.2) is 11.5 Å². The van der Waals surface area contributed by atoms with Gasteiger partial charge < -0.3 is 25.2 Å². The van der Waals surface area contributed by atoms with Crippen molar-refractivity contribution in [3.8, 4) is 11.5 Å². The number of rotatable bonds is 8. The van der Waals surface area contributed by atoms with Crippen LogP contribution in [-0.2, 0) is 13.2 Å². The van der Waals surface area contributed by atoms with E-state index in [0.29, 0.717) is 55.2 Å². The quantitative estimate of drug-likeness (QED) is 0.309. The Kier molecular flexibility index (Phi) is 7.11. The zero-order valence-electron chi connectivity index (χ0n) is 18.9. The van der Waals surface area contributed by atoms with Crippen molar-refractivity contribution in [2.75, 3.05) is 30.8 Å². The predicted octanol–water partition coefficient (Wildman–Crippen LogP) is 4.38. The van der Waals surface area contributed by atoms with Crippen molar-refractivity contribution in [1.82, 2.24) is 9.97 Å². The number of aryl methyl sites for hydroxylation is 1. The Morgan fingerprint density at radius 1 is 1.18 bits per heavy atom. The molecule has 0 aliphatic carbocycles. The van der Waals surface area contributed by atoms with Gasteiger partial charge in [-0.25, -0.2) is 4.98 Å². The van der Waals surface area contributed by atoms with Crippen LogP contribution in [0.2, 0.25) is 10.0 Å². The van der Waals surface area contributed by atoms with E-state index in [1.54, 1.807) is 31.3 Å². The molecule has 1 saturated heterocycles. The van der Waals surface area contributed by atoms with Crippen molar-refractivity contribution in [3.63, 3.8) is 0 Å². The molecule has 4 N–H and O–H groups in total. The molecular formula is C24H25Cl2N5O3. The number of nitrogens with one attached hydrogen (secondary N) is 1. The number of anilines is 2. The van der Waals surface area contributed by atoms with Crippen LogP contribution in [0.25, 0.3) is 0 Å². The van der Waals surface area contributed by atoms with Crippen LogP contribution in [-0.4, -0.2) is 41.0 Å². The molecule has 10 heteroatoms. The fourth-order valence-corrected chi connectivity index (χ4v) is 4.13. The van der Waals surface area contributed by atoms with E-state index in [0.717, 1.165) is 25.3 Å². The highest BCUT2D eigenvalue weighted by Gasteiger charge is 2.21. The lowest BCUT2D eigenvalue weighted by Crippen LogP contribution is -2.38. The van der Waals surface area contributed by atoms with Crippen LogP contribution in [0.1, 0.15) is 34.4 Å². The van der Waals surface area contributed by atoms with E-state index >= 15 is 0 Å². The average Bonchev–Trinajstić information content (AvgIpc) is 2.80. The van der Waals surface area contributed by atoms with Gasteiger partial charge in [-0.05, 0) is 25.5 Å². The van der Waals surface area contributed by atoms with Gasteiger partial charge in [0.1, 0.15) is 12.4 Å². The van der Waals surface area contributed by atoms with E-state index in [1.165, 1.54) is 13.3 Å². The Labute approximate surface area is 207 Å². The summed E-state index contributed by atoms with van der Waals surface area (Å²) in [5.41, 5.74) is 9.65. The lowest BCUT2D eigenvalue weighted by Gasteiger charge is -2.33. The zero-order valence-corrected chi connectivity index (χ0v) is 20.4. The second kappa shape index (κ2) is 10.0. The highest BCUT2D eigenvalue weighted by Crippen LogP contribution is 2.36. The molecule has 2 aromatic heterocycles. The largest absolute Gasteiger partial charge is 0.493 e. The monoisotopic (exact) mass is 501 g/mol. The number of aliphatic hydroxyl groups excluding tert-OH is 1. The topological polar surface area (TPSA) is 118 Å². The number of ether oxygens (including phenoxy) is 2. The molecule has 8 nitrogen and oxygen atoms in total. The fourth-order valence-electron chi connectivity index (χ4n) is 3.68. The first-order valence-electron chi connectivity index (χ1n) is 10.7. The second-order valence-electron chi connectivity index (χ2n) is 7.94. The summed E-state index contributed by atoms with van der Waals surface area (Å²) in [7, 11) is 1.51. The summed E-state index contributed by atoms with van der Waals surface area (Å²) in [6.07, 6.45) is 4.25. The van der Waals surface area contributed by atoms with Crippen molar-refractivity contribution in [1.29, 1.82) is 5.41 Å². The van der Waals surface area contributed by atoms with Crippen LogP contribution in [0.5, 0.6) is 11.5 Å². The van der Waals surface area contributed by atoms with Crippen LogP contribution in [0, 0.1) is 12.3 Å². The van der Waals surface area contributed by atoms with Gasteiger partial charge in [0.2, 0.25) is 0 Å². The van der Waals surface area contributed by atoms with E-state index in [4.69, 9.17) is 43.8 Å². The molecule has 0 spiro atoms. The molecular weight excluding hydrogens is 477 g/mol. The van der Waals surface area contributed by atoms with Gasteiger partial charge >= 0.3 is 0 Å². The third-order valence-electron chi connectivity index (χ3n) is 5.78. The van der Waals surface area contributed by atoms with Crippen molar-refractivity contribution < 1.29 is 14.6 Å². The summed E-state index contributed by atoms with van der Waals surface area (Å²) in [6, 6.07) is 5.02. The van der Waals surface area contributed by atoms with Crippen LogP contribution in [0.3, 0.4) is 0 Å². The number of aliphatic hydroxyl groups is 1. The number of nitrogens with two attached hydrogens (primary N) is 1. The molecule has 0 amide bonds. The van der Waals surface area contributed by atoms with Crippen LogP contribution >= 0.6 is 23.2 Å². The first-order chi connectivity index (χ1) is 16.3. The van der Waals surface area contributed by atoms with Gasteiger partial charge in [0, 0.05) is 59.5 Å². The number of methoxy groups -OCH3 is 1. The summed E-state index contributed by atoms with van der Waals surface area (Å²) in [5, 5.41) is 19.4. The maximum absolute atomic E-state index is 9.85. The van der Waals surface area contributed by atoms with Crippen LogP contribution < -0.4 is 20.1 Å². The minimum absolute atomic E-state index is 0.0782. The minimum atomic E-state index is -0.167. The molecule has 1 aliphatic rings. The molecule has 4 rings (SSSR count). The molecule has 0 radical (unpaired) electrons. The Hall–Kier alpha value is -3.07. The smallest absolute Gasteiger partial charge is 0.162 e. The number of hydrogen-bond donors (Lipinski definition) is 3. The maximum atomic E-state index is 9.85.